The van der Waals surface area contributed by atoms with E-state index in [1.54, 1.807) is 11.3 Å². The van der Waals surface area contributed by atoms with E-state index < -0.39 is 6.10 Å². The molecule has 0 radical (unpaired) electrons. The molecule has 6 heteroatoms. The molecule has 0 fully saturated rings. The van der Waals surface area contributed by atoms with Crippen molar-refractivity contribution < 1.29 is 13.9 Å². The van der Waals surface area contributed by atoms with Crippen molar-refractivity contribution in [2.75, 3.05) is 0 Å². The predicted octanol–water partition coefficient (Wildman–Crippen LogP) is 7.50. The van der Waals surface area contributed by atoms with Gasteiger partial charge in [0.1, 0.15) is 29.8 Å². The average Bonchev–Trinajstić information content (AvgIpc) is 3.45. The van der Waals surface area contributed by atoms with Gasteiger partial charge in [-0.25, -0.2) is 4.98 Å². The first-order chi connectivity index (χ1) is 15.9. The summed E-state index contributed by atoms with van der Waals surface area (Å²) in [5, 5.41) is 13.3. The molecule has 4 rings (SSSR count). The molecule has 33 heavy (non-hydrogen) atoms. The zero-order valence-corrected chi connectivity index (χ0v) is 20.2. The number of furan rings is 1. The van der Waals surface area contributed by atoms with Gasteiger partial charge >= 0.3 is 0 Å². The number of rotatable bonds is 8. The fraction of sp³-hybridized carbons (Fsp3) is 0.333. The summed E-state index contributed by atoms with van der Waals surface area (Å²) in [5.74, 6) is 2.19. The van der Waals surface area contributed by atoms with Crippen molar-refractivity contribution in [2.45, 2.75) is 58.7 Å². The Kier molecular flexibility index (Phi) is 6.71. The summed E-state index contributed by atoms with van der Waals surface area (Å²) in [6.07, 6.45) is 1.13. The van der Waals surface area contributed by atoms with Gasteiger partial charge in [0.05, 0.1) is 5.69 Å². The Bertz CT molecular complexity index is 1280. The van der Waals surface area contributed by atoms with Crippen LogP contribution >= 0.6 is 11.3 Å². The Hall–Kier alpha value is -3.30. The van der Waals surface area contributed by atoms with Gasteiger partial charge in [-0.1, -0.05) is 52.3 Å². The Balaban J connectivity index is 1.50. The number of hydrogen-bond acceptors (Lipinski definition) is 6. The minimum Gasteiger partial charge on any atom is -0.489 e. The van der Waals surface area contributed by atoms with E-state index in [0.717, 1.165) is 45.2 Å². The lowest BCUT2D eigenvalue weighted by atomic mass is 9.93. The Morgan fingerprint density at radius 2 is 1.97 bits per heavy atom. The van der Waals surface area contributed by atoms with E-state index >= 15 is 0 Å². The molecule has 0 aliphatic carbocycles. The Labute approximate surface area is 198 Å². The number of benzene rings is 2. The lowest BCUT2D eigenvalue weighted by molar-refractivity contribution is 0.232. The molecule has 0 bridgehead atoms. The van der Waals surface area contributed by atoms with Crippen LogP contribution in [0.4, 0.5) is 0 Å². The highest BCUT2D eigenvalue weighted by Gasteiger charge is 2.19. The van der Waals surface area contributed by atoms with Gasteiger partial charge in [0, 0.05) is 21.7 Å². The third kappa shape index (κ3) is 5.37. The Morgan fingerprint density at radius 1 is 1.15 bits per heavy atom. The largest absolute Gasteiger partial charge is 0.489 e. The van der Waals surface area contributed by atoms with E-state index in [2.05, 4.69) is 32.2 Å². The predicted molar refractivity (Wildman–Crippen MR) is 132 cm³/mol. The smallest absolute Gasteiger partial charge is 0.184 e. The second-order valence-electron chi connectivity index (χ2n) is 9.02. The normalized spacial score (nSPS) is 12.5. The number of thiazole rings is 1. The van der Waals surface area contributed by atoms with Gasteiger partial charge in [-0.05, 0) is 36.8 Å². The molecule has 170 valence electrons. The van der Waals surface area contributed by atoms with E-state index in [1.165, 1.54) is 0 Å². The van der Waals surface area contributed by atoms with Gasteiger partial charge in [0.25, 0.3) is 0 Å². The molecule has 0 aliphatic heterocycles. The van der Waals surface area contributed by atoms with Crippen molar-refractivity contribution in [3.8, 4) is 28.3 Å². The molecule has 0 saturated carbocycles. The van der Waals surface area contributed by atoms with Crippen LogP contribution in [0.15, 0.2) is 58.3 Å². The minimum absolute atomic E-state index is 0.00553. The van der Waals surface area contributed by atoms with Crippen molar-refractivity contribution in [3.05, 3.63) is 65.2 Å². The van der Waals surface area contributed by atoms with Crippen LogP contribution in [0.1, 0.15) is 51.8 Å². The van der Waals surface area contributed by atoms with Gasteiger partial charge in [-0.15, -0.1) is 11.3 Å². The number of ether oxygens (including phenoxy) is 2. The zero-order valence-electron chi connectivity index (χ0n) is 19.4. The lowest BCUT2D eigenvalue weighted by Crippen LogP contribution is -2.14. The number of fused-ring (bicyclic) bond motifs is 1. The van der Waals surface area contributed by atoms with E-state index in [9.17, 15) is 5.26 Å². The lowest BCUT2D eigenvalue weighted by Gasteiger charge is -2.15. The van der Waals surface area contributed by atoms with Crippen molar-refractivity contribution in [1.82, 2.24) is 4.98 Å². The van der Waals surface area contributed by atoms with Crippen LogP contribution in [-0.4, -0.2) is 11.1 Å². The molecular weight excluding hydrogens is 432 g/mol. The standard InChI is InChI=1S/C27H28N2O3S/c1-5-8-21(15-28)31-22-10-7-6-9-18(22)16-30-20-11-12-23-19(13-20)14-24(32-23)26-29-25(17-33-26)27(2,3)4/h6-7,9-14,17,21H,5,8,16H2,1-4H3. The molecule has 4 aromatic rings. The van der Waals surface area contributed by atoms with Crippen molar-refractivity contribution in [1.29, 1.82) is 5.26 Å². The zero-order chi connectivity index (χ0) is 23.4. The monoisotopic (exact) mass is 460 g/mol. The first-order valence-electron chi connectivity index (χ1n) is 11.1. The highest BCUT2D eigenvalue weighted by molar-refractivity contribution is 7.13. The number of hydrogen-bond donors (Lipinski definition) is 0. The van der Waals surface area contributed by atoms with Crippen LogP contribution < -0.4 is 9.47 Å². The van der Waals surface area contributed by atoms with Gasteiger partial charge in [-0.2, -0.15) is 5.26 Å². The van der Waals surface area contributed by atoms with Crippen molar-refractivity contribution in [2.24, 2.45) is 0 Å². The van der Waals surface area contributed by atoms with Crippen molar-refractivity contribution >= 4 is 22.3 Å². The summed E-state index contributed by atoms with van der Waals surface area (Å²) in [7, 11) is 0. The third-order valence-corrected chi connectivity index (χ3v) is 6.16. The highest BCUT2D eigenvalue weighted by atomic mass is 32.1. The summed E-state index contributed by atoms with van der Waals surface area (Å²) < 4.78 is 18.0. The molecule has 0 amide bonds. The molecule has 0 saturated heterocycles. The van der Waals surface area contributed by atoms with Crippen LogP contribution in [0, 0.1) is 11.3 Å². The van der Waals surface area contributed by atoms with Gasteiger partial charge < -0.3 is 13.9 Å². The molecule has 2 heterocycles. The van der Waals surface area contributed by atoms with E-state index in [0.29, 0.717) is 18.8 Å². The molecule has 1 unspecified atom stereocenters. The van der Waals surface area contributed by atoms with Gasteiger partial charge in [-0.3, -0.25) is 0 Å². The first kappa shape index (κ1) is 22.9. The van der Waals surface area contributed by atoms with Crippen LogP contribution in [0.2, 0.25) is 0 Å². The molecule has 1 atom stereocenters. The maximum Gasteiger partial charge on any atom is 0.184 e. The summed E-state index contributed by atoms with van der Waals surface area (Å²) in [6.45, 7) is 8.85. The molecule has 5 nitrogen and oxygen atoms in total. The summed E-state index contributed by atoms with van der Waals surface area (Å²) in [4.78, 5) is 4.76. The second-order valence-corrected chi connectivity index (χ2v) is 9.88. The number of para-hydroxylation sites is 1. The van der Waals surface area contributed by atoms with E-state index in [-0.39, 0.29) is 5.41 Å². The number of aromatic nitrogens is 1. The van der Waals surface area contributed by atoms with Crippen LogP contribution in [0.3, 0.4) is 0 Å². The quantitative estimate of drug-likeness (QED) is 0.272. The minimum atomic E-state index is -0.457. The number of nitriles is 1. The third-order valence-electron chi connectivity index (χ3n) is 5.30. The molecule has 0 spiro atoms. The second kappa shape index (κ2) is 9.68. The maximum atomic E-state index is 9.32. The fourth-order valence-corrected chi connectivity index (χ4v) is 4.41. The molecule has 2 aromatic heterocycles. The van der Waals surface area contributed by atoms with Gasteiger partial charge in [0.15, 0.2) is 16.9 Å². The average molecular weight is 461 g/mol. The van der Waals surface area contributed by atoms with E-state index in [4.69, 9.17) is 18.9 Å². The van der Waals surface area contributed by atoms with E-state index in [1.807, 2.05) is 55.5 Å². The molecule has 0 N–H and O–H groups in total. The summed E-state index contributed by atoms with van der Waals surface area (Å²) in [6, 6.07) is 17.7. The highest BCUT2D eigenvalue weighted by Crippen LogP contribution is 2.34. The number of nitrogens with zero attached hydrogens (tertiary/aromatic N) is 2. The molecule has 2 aromatic carbocycles. The summed E-state index contributed by atoms with van der Waals surface area (Å²) in [5.41, 5.74) is 2.76. The summed E-state index contributed by atoms with van der Waals surface area (Å²) >= 11 is 1.60. The van der Waals surface area contributed by atoms with Crippen LogP contribution in [-0.2, 0) is 12.0 Å². The fourth-order valence-electron chi connectivity index (χ4n) is 3.41. The van der Waals surface area contributed by atoms with Crippen LogP contribution in [0.5, 0.6) is 11.5 Å². The van der Waals surface area contributed by atoms with Crippen LogP contribution in [0.25, 0.3) is 21.7 Å². The molecular formula is C27H28N2O3S. The van der Waals surface area contributed by atoms with Crippen molar-refractivity contribution in [3.63, 3.8) is 0 Å². The van der Waals surface area contributed by atoms with Gasteiger partial charge in [0.2, 0.25) is 0 Å². The topological polar surface area (TPSA) is 68.3 Å². The molecule has 0 aliphatic rings. The Morgan fingerprint density at radius 3 is 2.70 bits per heavy atom. The first-order valence-corrected chi connectivity index (χ1v) is 12.0. The SMILES string of the molecule is CCCC(C#N)Oc1ccccc1COc1ccc2oc(-c3nc(C(C)(C)C)cs3)cc2c1. The maximum absolute atomic E-state index is 9.32.